The molecule has 30 heavy (non-hydrogen) atoms. The number of amides is 1. The molecule has 1 aliphatic carbocycles. The Labute approximate surface area is 179 Å². The number of nitrogens with one attached hydrogen (secondary N) is 1. The van der Waals surface area contributed by atoms with Crippen LogP contribution in [0.2, 0.25) is 0 Å². The first-order valence-electron chi connectivity index (χ1n) is 9.91. The fourth-order valence-corrected chi connectivity index (χ4v) is 4.80. The highest BCUT2D eigenvalue weighted by Gasteiger charge is 2.29. The third kappa shape index (κ3) is 5.06. The fourth-order valence-electron chi connectivity index (χ4n) is 3.38. The molecule has 1 atom stereocenters. The molecule has 0 fully saturated rings. The van der Waals surface area contributed by atoms with E-state index in [0.717, 1.165) is 29.7 Å². The number of hydrogen-bond donors (Lipinski definition) is 2. The van der Waals surface area contributed by atoms with Gasteiger partial charge >= 0.3 is 11.9 Å². The SMILES string of the molecule is CCOC(=O)c1c(NC(=O)COC(=O)c2ccc(CO)cc2)sc2c1CC[C@@H](C)C2. The van der Waals surface area contributed by atoms with Gasteiger partial charge in [0.15, 0.2) is 6.61 Å². The molecule has 1 heterocycles. The highest BCUT2D eigenvalue weighted by molar-refractivity contribution is 7.17. The van der Waals surface area contributed by atoms with Crippen molar-refractivity contribution in [2.75, 3.05) is 18.5 Å². The van der Waals surface area contributed by atoms with Gasteiger partial charge in [0, 0.05) is 4.88 Å². The summed E-state index contributed by atoms with van der Waals surface area (Å²) in [4.78, 5) is 38.1. The van der Waals surface area contributed by atoms with E-state index in [9.17, 15) is 14.4 Å². The summed E-state index contributed by atoms with van der Waals surface area (Å²) in [5.41, 5.74) is 2.33. The molecule has 0 radical (unpaired) electrons. The number of benzene rings is 1. The Kier molecular flexibility index (Phi) is 7.23. The number of hydrogen-bond acceptors (Lipinski definition) is 7. The third-order valence-electron chi connectivity index (χ3n) is 4.95. The lowest BCUT2D eigenvalue weighted by Crippen LogP contribution is -2.22. The van der Waals surface area contributed by atoms with Gasteiger partial charge < -0.3 is 19.9 Å². The van der Waals surface area contributed by atoms with E-state index in [0.29, 0.717) is 22.0 Å². The monoisotopic (exact) mass is 431 g/mol. The van der Waals surface area contributed by atoms with Crippen LogP contribution in [0.15, 0.2) is 24.3 Å². The largest absolute Gasteiger partial charge is 0.462 e. The van der Waals surface area contributed by atoms with Gasteiger partial charge in [-0.25, -0.2) is 9.59 Å². The van der Waals surface area contributed by atoms with Gasteiger partial charge in [0.2, 0.25) is 0 Å². The molecule has 0 saturated carbocycles. The standard InChI is InChI=1S/C22H25NO6S/c1-3-28-22(27)19-16-9-4-13(2)10-17(16)30-20(19)23-18(25)12-29-21(26)15-7-5-14(11-24)6-8-15/h5-8,13,24H,3-4,9-12H2,1-2H3,(H,23,25)/t13-/m1/s1. The molecule has 1 amide bonds. The number of thiophene rings is 1. The Bertz CT molecular complexity index is 934. The van der Waals surface area contributed by atoms with Crippen molar-refractivity contribution in [3.63, 3.8) is 0 Å². The lowest BCUT2D eigenvalue weighted by molar-refractivity contribution is -0.119. The van der Waals surface area contributed by atoms with Crippen LogP contribution in [-0.2, 0) is 33.7 Å². The second-order valence-corrected chi connectivity index (χ2v) is 8.36. The maximum atomic E-state index is 12.5. The van der Waals surface area contributed by atoms with E-state index in [1.54, 1.807) is 19.1 Å². The molecule has 0 unspecified atom stereocenters. The molecule has 1 aromatic heterocycles. The minimum Gasteiger partial charge on any atom is -0.462 e. The zero-order valence-electron chi connectivity index (χ0n) is 17.0. The molecule has 3 rings (SSSR count). The second kappa shape index (κ2) is 9.86. The third-order valence-corrected chi connectivity index (χ3v) is 6.12. The Balaban J connectivity index is 1.68. The summed E-state index contributed by atoms with van der Waals surface area (Å²) in [6, 6.07) is 6.27. The van der Waals surface area contributed by atoms with Crippen LogP contribution in [-0.4, -0.2) is 36.2 Å². The van der Waals surface area contributed by atoms with Crippen LogP contribution in [0.5, 0.6) is 0 Å². The zero-order chi connectivity index (χ0) is 21.7. The van der Waals surface area contributed by atoms with Crippen molar-refractivity contribution in [2.45, 2.75) is 39.7 Å². The smallest absolute Gasteiger partial charge is 0.341 e. The average Bonchev–Trinajstić information content (AvgIpc) is 3.09. The molecule has 0 spiro atoms. The molecule has 0 bridgehead atoms. The molecule has 1 aliphatic rings. The highest BCUT2D eigenvalue weighted by Crippen LogP contribution is 2.40. The van der Waals surface area contributed by atoms with Gasteiger partial charge in [-0.05, 0) is 55.4 Å². The Morgan fingerprint density at radius 3 is 2.57 bits per heavy atom. The van der Waals surface area contributed by atoms with E-state index in [4.69, 9.17) is 14.6 Å². The van der Waals surface area contributed by atoms with Crippen molar-refractivity contribution in [1.82, 2.24) is 0 Å². The van der Waals surface area contributed by atoms with Gasteiger partial charge in [-0.2, -0.15) is 0 Å². The minimum atomic E-state index is -0.639. The number of carbonyl (C=O) groups excluding carboxylic acids is 3. The van der Waals surface area contributed by atoms with Gasteiger partial charge in [-0.15, -0.1) is 11.3 Å². The summed E-state index contributed by atoms with van der Waals surface area (Å²) in [6.45, 7) is 3.56. The number of anilines is 1. The van der Waals surface area contributed by atoms with Crippen LogP contribution in [0, 0.1) is 5.92 Å². The van der Waals surface area contributed by atoms with Crippen molar-refractivity contribution < 1.29 is 29.0 Å². The number of fused-ring (bicyclic) bond motifs is 1. The predicted molar refractivity (Wildman–Crippen MR) is 113 cm³/mol. The molecule has 2 aromatic rings. The summed E-state index contributed by atoms with van der Waals surface area (Å²) in [7, 11) is 0. The summed E-state index contributed by atoms with van der Waals surface area (Å²) in [5.74, 6) is -1.08. The van der Waals surface area contributed by atoms with Crippen LogP contribution in [0.3, 0.4) is 0 Å². The molecule has 0 aliphatic heterocycles. The van der Waals surface area contributed by atoms with Crippen LogP contribution in [0.4, 0.5) is 5.00 Å². The number of aliphatic hydroxyl groups excluding tert-OH is 1. The summed E-state index contributed by atoms with van der Waals surface area (Å²) in [5, 5.41) is 12.2. The van der Waals surface area contributed by atoms with E-state index in [1.165, 1.54) is 23.5 Å². The van der Waals surface area contributed by atoms with E-state index < -0.39 is 24.5 Å². The van der Waals surface area contributed by atoms with Crippen molar-refractivity contribution in [3.8, 4) is 0 Å². The van der Waals surface area contributed by atoms with Gasteiger partial charge in [-0.1, -0.05) is 19.1 Å². The number of aliphatic hydroxyl groups is 1. The quantitative estimate of drug-likeness (QED) is 0.652. The van der Waals surface area contributed by atoms with E-state index in [2.05, 4.69) is 12.2 Å². The summed E-state index contributed by atoms with van der Waals surface area (Å²) in [6.07, 6.45) is 2.62. The van der Waals surface area contributed by atoms with Crippen LogP contribution < -0.4 is 5.32 Å². The molecular formula is C22H25NO6S. The Morgan fingerprint density at radius 1 is 1.17 bits per heavy atom. The second-order valence-electron chi connectivity index (χ2n) is 7.26. The van der Waals surface area contributed by atoms with Gasteiger partial charge in [0.1, 0.15) is 5.00 Å². The number of esters is 2. The number of ether oxygens (including phenoxy) is 2. The zero-order valence-corrected chi connectivity index (χ0v) is 17.8. The van der Waals surface area contributed by atoms with Crippen LogP contribution in [0.25, 0.3) is 0 Å². The van der Waals surface area contributed by atoms with E-state index in [-0.39, 0.29) is 18.8 Å². The molecule has 8 heteroatoms. The first-order valence-corrected chi connectivity index (χ1v) is 10.7. The summed E-state index contributed by atoms with van der Waals surface area (Å²) < 4.78 is 10.3. The van der Waals surface area contributed by atoms with Crippen molar-refractivity contribution in [2.24, 2.45) is 5.92 Å². The maximum absolute atomic E-state index is 12.5. The van der Waals surface area contributed by atoms with Gasteiger partial charge in [-0.3, -0.25) is 4.79 Å². The number of rotatable bonds is 7. The Morgan fingerprint density at radius 2 is 1.90 bits per heavy atom. The predicted octanol–water partition coefficient (Wildman–Crippen LogP) is 3.34. The van der Waals surface area contributed by atoms with Crippen molar-refractivity contribution in [3.05, 3.63) is 51.4 Å². The van der Waals surface area contributed by atoms with Gasteiger partial charge in [0.25, 0.3) is 5.91 Å². The topological polar surface area (TPSA) is 102 Å². The first kappa shape index (κ1) is 22.0. The minimum absolute atomic E-state index is 0.121. The molecule has 0 saturated heterocycles. The van der Waals surface area contributed by atoms with Crippen LogP contribution >= 0.6 is 11.3 Å². The molecule has 1 aromatic carbocycles. The summed E-state index contributed by atoms with van der Waals surface area (Å²) >= 11 is 1.39. The molecule has 2 N–H and O–H groups in total. The average molecular weight is 432 g/mol. The van der Waals surface area contributed by atoms with Crippen LogP contribution in [0.1, 0.15) is 57.0 Å². The molecule has 160 valence electrons. The van der Waals surface area contributed by atoms with E-state index in [1.807, 2.05) is 0 Å². The van der Waals surface area contributed by atoms with Crippen molar-refractivity contribution >= 4 is 34.2 Å². The molecule has 7 nitrogen and oxygen atoms in total. The van der Waals surface area contributed by atoms with Gasteiger partial charge in [0.05, 0.1) is 24.3 Å². The maximum Gasteiger partial charge on any atom is 0.341 e. The number of carbonyl (C=O) groups is 3. The lowest BCUT2D eigenvalue weighted by Gasteiger charge is -2.18. The highest BCUT2D eigenvalue weighted by atomic mass is 32.1. The Hall–Kier alpha value is -2.71. The fraction of sp³-hybridized carbons (Fsp3) is 0.409. The van der Waals surface area contributed by atoms with Crippen molar-refractivity contribution in [1.29, 1.82) is 0 Å². The normalized spacial score (nSPS) is 15.2. The van der Waals surface area contributed by atoms with E-state index >= 15 is 0 Å². The molecular weight excluding hydrogens is 406 g/mol. The first-order chi connectivity index (χ1) is 14.4. The lowest BCUT2D eigenvalue weighted by atomic mass is 9.88.